The summed E-state index contributed by atoms with van der Waals surface area (Å²) in [5, 5.41) is 2.13. The highest BCUT2D eigenvalue weighted by molar-refractivity contribution is 7.10. The molecule has 0 radical (unpaired) electrons. The first-order valence-electron chi connectivity index (χ1n) is 7.22. The number of nitrogens with two attached hydrogens (primary N) is 1. The molecule has 2 N–H and O–H groups in total. The molecule has 2 heterocycles. The Kier molecular flexibility index (Phi) is 4.63. The Balaban J connectivity index is 2.19. The third-order valence-electron chi connectivity index (χ3n) is 4.31. The van der Waals surface area contributed by atoms with Crippen molar-refractivity contribution in [2.45, 2.75) is 52.1 Å². The SMILES string of the molecule is CCC1c2ccsc2CCN1C(=O)[C@@H](N)[C@@H](C)CC. The fraction of sp³-hybridized carbons (Fsp3) is 0.667. The number of hydrogen-bond acceptors (Lipinski definition) is 3. The number of amides is 1. The minimum atomic E-state index is -0.362. The van der Waals surface area contributed by atoms with Gasteiger partial charge < -0.3 is 10.6 Å². The van der Waals surface area contributed by atoms with Crippen molar-refractivity contribution in [2.24, 2.45) is 11.7 Å². The van der Waals surface area contributed by atoms with Crippen LogP contribution in [0.4, 0.5) is 0 Å². The highest BCUT2D eigenvalue weighted by Gasteiger charge is 2.33. The molecule has 106 valence electrons. The molecule has 0 saturated carbocycles. The molecule has 2 rings (SSSR count). The van der Waals surface area contributed by atoms with Gasteiger partial charge in [-0.15, -0.1) is 11.3 Å². The molecule has 0 aliphatic carbocycles. The van der Waals surface area contributed by atoms with Gasteiger partial charge in [0.25, 0.3) is 0 Å². The van der Waals surface area contributed by atoms with E-state index in [1.807, 2.05) is 16.2 Å². The lowest BCUT2D eigenvalue weighted by molar-refractivity contribution is -0.136. The van der Waals surface area contributed by atoms with Crippen molar-refractivity contribution in [3.05, 3.63) is 21.9 Å². The number of carbonyl (C=O) groups is 1. The summed E-state index contributed by atoms with van der Waals surface area (Å²) >= 11 is 1.81. The lowest BCUT2D eigenvalue weighted by atomic mass is 9.93. The molecule has 0 saturated heterocycles. The molecular formula is C15H24N2OS. The predicted octanol–water partition coefficient (Wildman–Crippen LogP) is 2.96. The highest BCUT2D eigenvalue weighted by atomic mass is 32.1. The van der Waals surface area contributed by atoms with Gasteiger partial charge in [0, 0.05) is 11.4 Å². The van der Waals surface area contributed by atoms with Crippen LogP contribution in [-0.4, -0.2) is 23.4 Å². The van der Waals surface area contributed by atoms with Crippen LogP contribution < -0.4 is 5.73 Å². The van der Waals surface area contributed by atoms with Crippen molar-refractivity contribution >= 4 is 17.2 Å². The maximum absolute atomic E-state index is 12.6. The average molecular weight is 280 g/mol. The standard InChI is InChI=1S/C15H24N2OS/c1-4-10(3)14(16)15(18)17-8-6-13-11(7-9-19-13)12(17)5-2/h7,9-10,12,14H,4-6,8,16H2,1-3H3/t10-,12?,14-/m0/s1. The zero-order chi connectivity index (χ0) is 14.0. The van der Waals surface area contributed by atoms with E-state index in [1.165, 1.54) is 10.4 Å². The molecule has 1 aliphatic heterocycles. The Morgan fingerprint density at radius 2 is 2.32 bits per heavy atom. The molecule has 0 fully saturated rings. The molecule has 1 unspecified atom stereocenters. The van der Waals surface area contributed by atoms with E-state index < -0.39 is 0 Å². The van der Waals surface area contributed by atoms with Gasteiger partial charge in [-0.3, -0.25) is 4.79 Å². The third-order valence-corrected chi connectivity index (χ3v) is 5.30. The maximum atomic E-state index is 12.6. The van der Waals surface area contributed by atoms with Crippen LogP contribution in [0, 0.1) is 5.92 Å². The third kappa shape index (κ3) is 2.70. The first-order chi connectivity index (χ1) is 9.10. The van der Waals surface area contributed by atoms with E-state index in [9.17, 15) is 4.79 Å². The molecule has 19 heavy (non-hydrogen) atoms. The van der Waals surface area contributed by atoms with Crippen LogP contribution in [-0.2, 0) is 11.2 Å². The molecule has 0 bridgehead atoms. The van der Waals surface area contributed by atoms with Crippen molar-refractivity contribution in [1.82, 2.24) is 4.90 Å². The van der Waals surface area contributed by atoms with Crippen LogP contribution in [0.3, 0.4) is 0 Å². The predicted molar refractivity (Wildman–Crippen MR) is 80.2 cm³/mol. The molecule has 1 aliphatic rings. The van der Waals surface area contributed by atoms with Gasteiger partial charge in [0.1, 0.15) is 0 Å². The van der Waals surface area contributed by atoms with E-state index in [-0.39, 0.29) is 23.9 Å². The maximum Gasteiger partial charge on any atom is 0.240 e. The Morgan fingerprint density at radius 1 is 1.58 bits per heavy atom. The summed E-state index contributed by atoms with van der Waals surface area (Å²) in [5.41, 5.74) is 7.46. The minimum absolute atomic E-state index is 0.123. The molecule has 1 amide bonds. The number of nitrogens with zero attached hydrogens (tertiary/aromatic N) is 1. The molecule has 3 nitrogen and oxygen atoms in total. The Hall–Kier alpha value is -0.870. The van der Waals surface area contributed by atoms with E-state index in [4.69, 9.17) is 5.73 Å². The molecule has 1 aromatic rings. The largest absolute Gasteiger partial charge is 0.334 e. The molecule has 0 spiro atoms. The normalized spacial score (nSPS) is 21.9. The smallest absolute Gasteiger partial charge is 0.240 e. The number of fused-ring (bicyclic) bond motifs is 1. The molecule has 0 aromatic carbocycles. The van der Waals surface area contributed by atoms with Gasteiger partial charge in [0.15, 0.2) is 0 Å². The summed E-state index contributed by atoms with van der Waals surface area (Å²) in [5.74, 6) is 0.368. The van der Waals surface area contributed by atoms with Crippen LogP contribution in [0.1, 0.15) is 50.1 Å². The summed E-state index contributed by atoms with van der Waals surface area (Å²) in [4.78, 5) is 16.0. The van der Waals surface area contributed by atoms with E-state index in [2.05, 4.69) is 32.2 Å². The van der Waals surface area contributed by atoms with Crippen LogP contribution in [0.2, 0.25) is 0 Å². The molecule has 3 atom stereocenters. The van der Waals surface area contributed by atoms with E-state index in [0.717, 1.165) is 25.8 Å². The van der Waals surface area contributed by atoms with Crippen molar-refractivity contribution in [2.75, 3.05) is 6.54 Å². The highest BCUT2D eigenvalue weighted by Crippen LogP contribution is 2.35. The van der Waals surface area contributed by atoms with Gasteiger partial charge in [-0.05, 0) is 35.8 Å². The second kappa shape index (κ2) is 6.06. The lowest BCUT2D eigenvalue weighted by Crippen LogP contribution is -2.50. The number of thiophene rings is 1. The summed E-state index contributed by atoms with van der Waals surface area (Å²) in [6.45, 7) is 7.10. The average Bonchev–Trinajstić information content (AvgIpc) is 2.91. The number of carbonyl (C=O) groups excluding carboxylic acids is 1. The second-order valence-corrected chi connectivity index (χ2v) is 6.42. The fourth-order valence-corrected chi connectivity index (χ4v) is 3.72. The van der Waals surface area contributed by atoms with Gasteiger partial charge in [-0.1, -0.05) is 27.2 Å². The number of rotatable bonds is 4. The van der Waals surface area contributed by atoms with Gasteiger partial charge >= 0.3 is 0 Å². The second-order valence-electron chi connectivity index (χ2n) is 5.42. The van der Waals surface area contributed by atoms with Gasteiger partial charge in [-0.2, -0.15) is 0 Å². The lowest BCUT2D eigenvalue weighted by Gasteiger charge is -2.37. The van der Waals surface area contributed by atoms with E-state index in [0.29, 0.717) is 0 Å². The monoisotopic (exact) mass is 280 g/mol. The first-order valence-corrected chi connectivity index (χ1v) is 8.10. The van der Waals surface area contributed by atoms with Crippen molar-refractivity contribution in [3.63, 3.8) is 0 Å². The van der Waals surface area contributed by atoms with Crippen LogP contribution in [0.25, 0.3) is 0 Å². The first kappa shape index (κ1) is 14.5. The Morgan fingerprint density at radius 3 is 2.95 bits per heavy atom. The number of hydrogen-bond donors (Lipinski definition) is 1. The molecule has 1 aromatic heterocycles. The van der Waals surface area contributed by atoms with Gasteiger partial charge in [0.2, 0.25) is 5.91 Å². The Bertz CT molecular complexity index is 443. The topological polar surface area (TPSA) is 46.3 Å². The van der Waals surface area contributed by atoms with Crippen LogP contribution in [0.15, 0.2) is 11.4 Å². The Labute approximate surface area is 119 Å². The van der Waals surface area contributed by atoms with Crippen LogP contribution >= 0.6 is 11.3 Å². The molecular weight excluding hydrogens is 256 g/mol. The van der Waals surface area contributed by atoms with Gasteiger partial charge in [0.05, 0.1) is 12.1 Å². The summed E-state index contributed by atoms with van der Waals surface area (Å²) in [6, 6.07) is 2.03. The zero-order valence-corrected chi connectivity index (χ0v) is 12.9. The van der Waals surface area contributed by atoms with E-state index >= 15 is 0 Å². The minimum Gasteiger partial charge on any atom is -0.334 e. The van der Waals surface area contributed by atoms with Crippen molar-refractivity contribution in [1.29, 1.82) is 0 Å². The fourth-order valence-electron chi connectivity index (χ4n) is 2.79. The zero-order valence-electron chi connectivity index (χ0n) is 12.1. The quantitative estimate of drug-likeness (QED) is 0.921. The summed E-state index contributed by atoms with van der Waals surface area (Å²) in [6.07, 6.45) is 2.88. The molecule has 4 heteroatoms. The summed E-state index contributed by atoms with van der Waals surface area (Å²) < 4.78 is 0. The van der Waals surface area contributed by atoms with Crippen molar-refractivity contribution in [3.8, 4) is 0 Å². The van der Waals surface area contributed by atoms with E-state index in [1.54, 1.807) is 0 Å². The van der Waals surface area contributed by atoms with Crippen LogP contribution in [0.5, 0.6) is 0 Å². The van der Waals surface area contributed by atoms with Crippen molar-refractivity contribution < 1.29 is 4.79 Å². The van der Waals surface area contributed by atoms with Gasteiger partial charge in [-0.25, -0.2) is 0 Å². The summed E-state index contributed by atoms with van der Waals surface area (Å²) in [7, 11) is 0.